The number of pyridine rings is 1. The van der Waals surface area contributed by atoms with Gasteiger partial charge in [-0.2, -0.15) is 0 Å². The molecule has 0 spiro atoms. The number of rotatable bonds is 4. The van der Waals surface area contributed by atoms with E-state index in [2.05, 4.69) is 0 Å². The normalized spacial score (nSPS) is 11.0. The molecule has 28 heavy (non-hydrogen) atoms. The number of halogens is 2. The predicted octanol–water partition coefficient (Wildman–Crippen LogP) is 5.27. The summed E-state index contributed by atoms with van der Waals surface area (Å²) in [6, 6.07) is 20.2. The first-order valence-corrected chi connectivity index (χ1v) is 8.77. The number of hydrogen-bond acceptors (Lipinski definition) is 2. The molecule has 0 saturated carbocycles. The van der Waals surface area contributed by atoms with E-state index in [-0.39, 0.29) is 5.75 Å². The Hall–Kier alpha value is -3.47. The Morgan fingerprint density at radius 3 is 2.43 bits per heavy atom. The molecule has 0 aliphatic carbocycles. The fourth-order valence-corrected chi connectivity index (χ4v) is 3.45. The first-order chi connectivity index (χ1) is 13.6. The van der Waals surface area contributed by atoms with E-state index in [0.717, 1.165) is 5.56 Å². The van der Waals surface area contributed by atoms with E-state index in [1.807, 2.05) is 30.3 Å². The lowest BCUT2D eigenvalue weighted by molar-refractivity contribution is 0.409. The van der Waals surface area contributed by atoms with Gasteiger partial charge in [0.1, 0.15) is 12.5 Å². The molecule has 1 heterocycles. The minimum atomic E-state index is -0.667. The summed E-state index contributed by atoms with van der Waals surface area (Å²) >= 11 is 0. The van der Waals surface area contributed by atoms with Crippen molar-refractivity contribution in [2.75, 3.05) is 7.11 Å². The van der Waals surface area contributed by atoms with Crippen LogP contribution in [0.4, 0.5) is 8.78 Å². The molecule has 0 aliphatic heterocycles. The highest BCUT2D eigenvalue weighted by Gasteiger charge is 2.20. The number of methoxy groups -OCH3 is 1. The van der Waals surface area contributed by atoms with Crippen LogP contribution in [0.5, 0.6) is 5.75 Å². The molecule has 0 saturated heterocycles. The van der Waals surface area contributed by atoms with Gasteiger partial charge in [0.05, 0.1) is 18.3 Å². The van der Waals surface area contributed by atoms with Gasteiger partial charge in [-0.15, -0.1) is 0 Å². The zero-order chi connectivity index (χ0) is 19.7. The van der Waals surface area contributed by atoms with E-state index in [1.165, 1.54) is 29.9 Å². The maximum absolute atomic E-state index is 13.9. The van der Waals surface area contributed by atoms with Crippen molar-refractivity contribution >= 4 is 10.9 Å². The highest BCUT2D eigenvalue weighted by molar-refractivity contribution is 5.98. The highest BCUT2D eigenvalue weighted by Crippen LogP contribution is 2.36. The number of benzene rings is 3. The zero-order valence-electron chi connectivity index (χ0n) is 15.2. The van der Waals surface area contributed by atoms with Crippen LogP contribution in [-0.4, -0.2) is 11.7 Å². The Morgan fingerprint density at radius 2 is 1.75 bits per heavy atom. The topological polar surface area (TPSA) is 31.2 Å². The van der Waals surface area contributed by atoms with Crippen LogP contribution in [0.2, 0.25) is 0 Å². The van der Waals surface area contributed by atoms with Crippen molar-refractivity contribution in [1.82, 2.24) is 4.57 Å². The van der Waals surface area contributed by atoms with Gasteiger partial charge in [0.15, 0.2) is 5.75 Å². The molecule has 140 valence electrons. The molecule has 4 aromatic rings. The lowest BCUT2D eigenvalue weighted by Crippen LogP contribution is -2.21. The van der Waals surface area contributed by atoms with Crippen LogP contribution in [0.15, 0.2) is 77.6 Å². The van der Waals surface area contributed by atoms with Crippen LogP contribution in [0.3, 0.4) is 0 Å². The fourth-order valence-electron chi connectivity index (χ4n) is 3.45. The molecule has 3 aromatic carbocycles. The molecular weight excluding hydrogens is 360 g/mol. The van der Waals surface area contributed by atoms with Crippen molar-refractivity contribution < 1.29 is 13.5 Å². The van der Waals surface area contributed by atoms with Gasteiger partial charge >= 0.3 is 0 Å². The van der Waals surface area contributed by atoms with Gasteiger partial charge in [0.2, 0.25) is 0 Å². The third kappa shape index (κ3) is 2.95. The van der Waals surface area contributed by atoms with E-state index in [9.17, 15) is 13.6 Å². The van der Waals surface area contributed by atoms with Crippen LogP contribution in [0.1, 0.15) is 5.56 Å². The van der Waals surface area contributed by atoms with Crippen molar-refractivity contribution in [2.24, 2.45) is 0 Å². The largest absolute Gasteiger partial charge is 0.491 e. The van der Waals surface area contributed by atoms with Crippen LogP contribution in [0, 0.1) is 5.82 Å². The molecule has 1 aromatic heterocycles. The molecule has 3 nitrogen and oxygen atoms in total. The summed E-state index contributed by atoms with van der Waals surface area (Å²) in [6.07, 6.45) is 0. The number of nitrogens with zero attached hydrogens (tertiary/aromatic N) is 1. The van der Waals surface area contributed by atoms with Gasteiger partial charge in [0, 0.05) is 10.9 Å². The zero-order valence-corrected chi connectivity index (χ0v) is 15.2. The predicted molar refractivity (Wildman–Crippen MR) is 106 cm³/mol. The Balaban J connectivity index is 2.19. The summed E-state index contributed by atoms with van der Waals surface area (Å²) in [5, 5.41) is 0.712. The lowest BCUT2D eigenvalue weighted by atomic mass is 9.98. The van der Waals surface area contributed by atoms with E-state index in [1.54, 1.807) is 24.3 Å². The molecule has 0 amide bonds. The van der Waals surface area contributed by atoms with E-state index < -0.39 is 18.1 Å². The standard InChI is InChI=1S/C23H17F2NO2/c1-28-22-21(16-6-3-2-4-7-16)19-11-10-15(14-24)12-20(19)26(23(22)27)18-9-5-8-17(25)13-18/h2-13H,14H2,1H3. The Morgan fingerprint density at radius 1 is 0.964 bits per heavy atom. The summed E-state index contributed by atoms with van der Waals surface area (Å²) in [4.78, 5) is 13.3. The molecule has 0 radical (unpaired) electrons. The monoisotopic (exact) mass is 377 g/mol. The highest BCUT2D eigenvalue weighted by atomic mass is 19.1. The first-order valence-electron chi connectivity index (χ1n) is 8.77. The molecular formula is C23H17F2NO2. The van der Waals surface area contributed by atoms with Crippen molar-refractivity contribution in [2.45, 2.75) is 6.67 Å². The maximum Gasteiger partial charge on any atom is 0.298 e. The minimum absolute atomic E-state index is 0.149. The van der Waals surface area contributed by atoms with E-state index in [4.69, 9.17) is 4.74 Å². The van der Waals surface area contributed by atoms with Gasteiger partial charge in [-0.3, -0.25) is 9.36 Å². The average molecular weight is 377 g/mol. The second kappa shape index (κ2) is 7.27. The quantitative estimate of drug-likeness (QED) is 0.485. The van der Waals surface area contributed by atoms with Crippen molar-refractivity contribution in [3.63, 3.8) is 0 Å². The summed E-state index contributed by atoms with van der Waals surface area (Å²) < 4.78 is 34.0. The smallest absolute Gasteiger partial charge is 0.298 e. The molecule has 0 atom stereocenters. The number of ether oxygens (including phenoxy) is 1. The maximum atomic E-state index is 13.9. The fraction of sp³-hybridized carbons (Fsp3) is 0.0870. The minimum Gasteiger partial charge on any atom is -0.491 e. The van der Waals surface area contributed by atoms with Crippen molar-refractivity contribution in [3.8, 4) is 22.6 Å². The van der Waals surface area contributed by atoms with Gasteiger partial charge in [-0.25, -0.2) is 8.78 Å². The van der Waals surface area contributed by atoms with Crippen LogP contribution < -0.4 is 10.3 Å². The molecule has 0 aliphatic rings. The summed E-state index contributed by atoms with van der Waals surface area (Å²) in [5.41, 5.74) is 2.27. The van der Waals surface area contributed by atoms with Crippen LogP contribution in [-0.2, 0) is 6.67 Å². The van der Waals surface area contributed by atoms with Crippen molar-refractivity contribution in [3.05, 3.63) is 94.5 Å². The number of alkyl halides is 1. The Labute approximate surface area is 160 Å². The Bertz CT molecular complexity index is 1220. The Kier molecular flexibility index (Phi) is 4.65. The van der Waals surface area contributed by atoms with Gasteiger partial charge < -0.3 is 4.74 Å². The third-order valence-corrected chi connectivity index (χ3v) is 4.68. The molecule has 0 N–H and O–H groups in total. The first kappa shape index (κ1) is 17.9. The lowest BCUT2D eigenvalue weighted by Gasteiger charge is -2.18. The molecule has 4 rings (SSSR count). The van der Waals surface area contributed by atoms with E-state index in [0.29, 0.717) is 27.7 Å². The van der Waals surface area contributed by atoms with Crippen LogP contribution >= 0.6 is 0 Å². The number of aromatic nitrogens is 1. The molecule has 0 fully saturated rings. The van der Waals surface area contributed by atoms with Crippen molar-refractivity contribution in [1.29, 1.82) is 0 Å². The van der Waals surface area contributed by atoms with Gasteiger partial charge in [-0.05, 0) is 35.4 Å². The molecule has 0 bridgehead atoms. The second-order valence-corrected chi connectivity index (χ2v) is 6.38. The molecule has 5 heteroatoms. The van der Waals surface area contributed by atoms with Crippen LogP contribution in [0.25, 0.3) is 27.7 Å². The van der Waals surface area contributed by atoms with Gasteiger partial charge in [-0.1, -0.05) is 48.5 Å². The summed E-state index contributed by atoms with van der Waals surface area (Å²) in [7, 11) is 1.43. The number of hydrogen-bond donors (Lipinski definition) is 0. The van der Waals surface area contributed by atoms with Gasteiger partial charge in [0.25, 0.3) is 5.56 Å². The molecule has 0 unspecified atom stereocenters. The third-order valence-electron chi connectivity index (χ3n) is 4.68. The van der Waals surface area contributed by atoms with E-state index >= 15 is 0 Å². The SMILES string of the molecule is COc1c(-c2ccccc2)c2ccc(CF)cc2n(-c2cccc(F)c2)c1=O. The second-order valence-electron chi connectivity index (χ2n) is 6.38. The summed E-state index contributed by atoms with van der Waals surface area (Å²) in [6.45, 7) is -0.667. The number of fused-ring (bicyclic) bond motifs is 1. The summed E-state index contributed by atoms with van der Waals surface area (Å²) in [5.74, 6) is -0.318. The average Bonchev–Trinajstić information content (AvgIpc) is 2.73.